The maximum atomic E-state index is 12.6. The number of piperidine rings is 1. The third-order valence-corrected chi connectivity index (χ3v) is 6.06. The Morgan fingerprint density at radius 1 is 1.04 bits per heavy atom. The van der Waals surface area contributed by atoms with Gasteiger partial charge in [-0.15, -0.1) is 0 Å². The van der Waals surface area contributed by atoms with Gasteiger partial charge in [0.05, 0.1) is 5.92 Å². The normalized spacial score (nSPS) is 17.4. The van der Waals surface area contributed by atoms with Crippen molar-refractivity contribution < 1.29 is 4.79 Å². The lowest BCUT2D eigenvalue weighted by Crippen LogP contribution is -2.42. The number of hydrogen-bond acceptors (Lipinski definition) is 3. The molecule has 3 aromatic rings. The van der Waals surface area contributed by atoms with E-state index >= 15 is 0 Å². The van der Waals surface area contributed by atoms with E-state index < -0.39 is 0 Å². The predicted molar refractivity (Wildman–Crippen MR) is 116 cm³/mol. The second-order valence-electron chi connectivity index (χ2n) is 7.49. The van der Waals surface area contributed by atoms with Crippen LogP contribution in [0, 0.1) is 5.92 Å². The number of likely N-dealkylation sites (tertiary alicyclic amines) is 1. The molecule has 1 aromatic heterocycles. The van der Waals surface area contributed by atoms with Crippen LogP contribution in [-0.4, -0.2) is 23.9 Å². The molecule has 2 aromatic carbocycles. The minimum absolute atomic E-state index is 0.0810. The van der Waals surface area contributed by atoms with Crippen molar-refractivity contribution in [2.24, 2.45) is 5.92 Å². The highest BCUT2D eigenvalue weighted by molar-refractivity contribution is 7.08. The standard InChI is InChI=1S/C24H26N2OS/c27-24(25-15-19-6-2-1-3-7-19)22-10-5-12-26(17-22)16-20-8-4-9-21(14-20)23-11-13-28-18-23/h1-4,6-9,11,13-14,18,22H,5,10,12,15-17H2,(H,25,27). The number of carbonyl (C=O) groups is 1. The molecule has 1 amide bonds. The lowest BCUT2D eigenvalue weighted by atomic mass is 9.96. The summed E-state index contributed by atoms with van der Waals surface area (Å²) in [5.41, 5.74) is 5.01. The summed E-state index contributed by atoms with van der Waals surface area (Å²) in [7, 11) is 0. The number of nitrogens with zero attached hydrogens (tertiary/aromatic N) is 1. The van der Waals surface area contributed by atoms with Gasteiger partial charge in [0.2, 0.25) is 5.91 Å². The molecule has 28 heavy (non-hydrogen) atoms. The predicted octanol–water partition coefficient (Wildman–Crippen LogP) is 4.94. The molecule has 1 N–H and O–H groups in total. The molecule has 1 atom stereocenters. The average molecular weight is 391 g/mol. The number of amides is 1. The Labute approximate surface area is 171 Å². The maximum Gasteiger partial charge on any atom is 0.224 e. The Balaban J connectivity index is 1.34. The first-order chi connectivity index (χ1) is 13.8. The number of hydrogen-bond donors (Lipinski definition) is 1. The highest BCUT2D eigenvalue weighted by Gasteiger charge is 2.25. The van der Waals surface area contributed by atoms with Crippen LogP contribution in [0.2, 0.25) is 0 Å². The van der Waals surface area contributed by atoms with Crippen LogP contribution in [0.3, 0.4) is 0 Å². The molecule has 0 bridgehead atoms. The molecule has 4 heteroatoms. The van der Waals surface area contributed by atoms with Gasteiger partial charge in [-0.05, 0) is 64.5 Å². The number of benzene rings is 2. The van der Waals surface area contributed by atoms with Crippen LogP contribution >= 0.6 is 11.3 Å². The van der Waals surface area contributed by atoms with Crippen molar-refractivity contribution in [3.05, 3.63) is 82.6 Å². The lowest BCUT2D eigenvalue weighted by molar-refractivity contribution is -0.126. The second kappa shape index (κ2) is 9.18. The van der Waals surface area contributed by atoms with Gasteiger partial charge in [-0.25, -0.2) is 0 Å². The van der Waals surface area contributed by atoms with E-state index in [1.807, 2.05) is 30.3 Å². The minimum atomic E-state index is 0.0810. The van der Waals surface area contributed by atoms with Crippen LogP contribution in [0.1, 0.15) is 24.0 Å². The summed E-state index contributed by atoms with van der Waals surface area (Å²) in [6.07, 6.45) is 2.06. The topological polar surface area (TPSA) is 32.3 Å². The highest BCUT2D eigenvalue weighted by Crippen LogP contribution is 2.24. The van der Waals surface area contributed by atoms with Gasteiger partial charge in [0, 0.05) is 19.6 Å². The van der Waals surface area contributed by atoms with Gasteiger partial charge in [0.1, 0.15) is 0 Å². The lowest BCUT2D eigenvalue weighted by Gasteiger charge is -2.32. The van der Waals surface area contributed by atoms with E-state index in [-0.39, 0.29) is 11.8 Å². The summed E-state index contributed by atoms with van der Waals surface area (Å²) in [6, 6.07) is 21.0. The van der Waals surface area contributed by atoms with E-state index in [1.54, 1.807) is 11.3 Å². The van der Waals surface area contributed by atoms with Gasteiger partial charge < -0.3 is 5.32 Å². The number of carbonyl (C=O) groups excluding carboxylic acids is 1. The van der Waals surface area contributed by atoms with Crippen molar-refractivity contribution in [2.45, 2.75) is 25.9 Å². The summed E-state index contributed by atoms with van der Waals surface area (Å²) >= 11 is 1.73. The van der Waals surface area contributed by atoms with Crippen LogP contribution in [0.4, 0.5) is 0 Å². The molecular weight excluding hydrogens is 364 g/mol. The smallest absolute Gasteiger partial charge is 0.224 e. The Morgan fingerprint density at radius 2 is 1.89 bits per heavy atom. The van der Waals surface area contributed by atoms with Gasteiger partial charge in [-0.3, -0.25) is 9.69 Å². The third-order valence-electron chi connectivity index (χ3n) is 5.37. The average Bonchev–Trinajstić information content (AvgIpc) is 3.28. The molecule has 4 rings (SSSR count). The summed E-state index contributed by atoms with van der Waals surface area (Å²) in [5, 5.41) is 7.42. The van der Waals surface area contributed by atoms with Crippen molar-refractivity contribution in [3.63, 3.8) is 0 Å². The molecule has 1 unspecified atom stereocenters. The van der Waals surface area contributed by atoms with Gasteiger partial charge in [-0.2, -0.15) is 11.3 Å². The van der Waals surface area contributed by atoms with Gasteiger partial charge in [-0.1, -0.05) is 48.5 Å². The second-order valence-corrected chi connectivity index (χ2v) is 8.27. The molecule has 2 heterocycles. The summed E-state index contributed by atoms with van der Waals surface area (Å²) in [5.74, 6) is 0.262. The quantitative estimate of drug-likeness (QED) is 0.646. The van der Waals surface area contributed by atoms with Crippen LogP contribution in [0.5, 0.6) is 0 Å². The SMILES string of the molecule is O=C(NCc1ccccc1)C1CCCN(Cc2cccc(-c3ccsc3)c2)C1. The molecule has 1 fully saturated rings. The van der Waals surface area contributed by atoms with Crippen molar-refractivity contribution in [1.29, 1.82) is 0 Å². The van der Waals surface area contributed by atoms with E-state index in [2.05, 4.69) is 51.3 Å². The first-order valence-corrected chi connectivity index (χ1v) is 10.9. The Kier molecular flexibility index (Phi) is 6.20. The fourth-order valence-electron chi connectivity index (χ4n) is 3.88. The summed E-state index contributed by atoms with van der Waals surface area (Å²) in [4.78, 5) is 15.1. The first-order valence-electron chi connectivity index (χ1n) is 9.93. The van der Waals surface area contributed by atoms with Crippen molar-refractivity contribution in [1.82, 2.24) is 10.2 Å². The zero-order valence-corrected chi connectivity index (χ0v) is 16.8. The fourth-order valence-corrected chi connectivity index (χ4v) is 4.54. The zero-order chi connectivity index (χ0) is 19.2. The van der Waals surface area contributed by atoms with Crippen LogP contribution in [0.25, 0.3) is 11.1 Å². The molecule has 1 aliphatic rings. The summed E-state index contributed by atoms with van der Waals surface area (Å²) < 4.78 is 0. The molecule has 144 valence electrons. The molecule has 1 aliphatic heterocycles. The molecular formula is C24H26N2OS. The number of nitrogens with one attached hydrogen (secondary N) is 1. The van der Waals surface area contributed by atoms with Crippen molar-refractivity contribution in [3.8, 4) is 11.1 Å². The zero-order valence-electron chi connectivity index (χ0n) is 16.0. The fraction of sp³-hybridized carbons (Fsp3) is 0.292. The Hall–Kier alpha value is -2.43. The van der Waals surface area contributed by atoms with E-state index in [4.69, 9.17) is 0 Å². The minimum Gasteiger partial charge on any atom is -0.352 e. The largest absolute Gasteiger partial charge is 0.352 e. The highest BCUT2D eigenvalue weighted by atomic mass is 32.1. The number of thiophene rings is 1. The van der Waals surface area contributed by atoms with Crippen LogP contribution < -0.4 is 5.32 Å². The van der Waals surface area contributed by atoms with E-state index in [0.29, 0.717) is 6.54 Å². The molecule has 1 saturated heterocycles. The Bertz CT molecular complexity index is 892. The molecule has 0 radical (unpaired) electrons. The Morgan fingerprint density at radius 3 is 2.71 bits per heavy atom. The number of rotatable bonds is 6. The van der Waals surface area contributed by atoms with E-state index in [9.17, 15) is 4.79 Å². The maximum absolute atomic E-state index is 12.6. The van der Waals surface area contributed by atoms with Crippen LogP contribution in [-0.2, 0) is 17.9 Å². The van der Waals surface area contributed by atoms with Gasteiger partial charge in [0.25, 0.3) is 0 Å². The molecule has 0 spiro atoms. The first kappa shape index (κ1) is 18.9. The van der Waals surface area contributed by atoms with Gasteiger partial charge in [0.15, 0.2) is 0 Å². The van der Waals surface area contributed by atoms with E-state index in [1.165, 1.54) is 16.7 Å². The van der Waals surface area contributed by atoms with Crippen LogP contribution in [0.15, 0.2) is 71.4 Å². The van der Waals surface area contributed by atoms with Crippen molar-refractivity contribution in [2.75, 3.05) is 13.1 Å². The molecule has 0 saturated carbocycles. The van der Waals surface area contributed by atoms with E-state index in [0.717, 1.165) is 38.0 Å². The third kappa shape index (κ3) is 4.89. The van der Waals surface area contributed by atoms with Gasteiger partial charge >= 0.3 is 0 Å². The molecule has 3 nitrogen and oxygen atoms in total. The summed E-state index contributed by atoms with van der Waals surface area (Å²) in [6.45, 7) is 3.41. The monoisotopic (exact) mass is 390 g/mol. The molecule has 0 aliphatic carbocycles. The van der Waals surface area contributed by atoms with Crippen molar-refractivity contribution >= 4 is 17.2 Å².